The lowest BCUT2D eigenvalue weighted by molar-refractivity contribution is -0.384. The number of ether oxygens (including phenoxy) is 1. The highest BCUT2D eigenvalue weighted by Crippen LogP contribution is 2.58. The summed E-state index contributed by atoms with van der Waals surface area (Å²) < 4.78 is 5.07. The topological polar surface area (TPSA) is 98.5 Å². The number of methoxy groups -OCH3 is 1. The van der Waals surface area contributed by atoms with Crippen molar-refractivity contribution < 1.29 is 19.2 Å². The zero-order valence-electron chi connectivity index (χ0n) is 16.3. The molecule has 2 aliphatic rings. The van der Waals surface area contributed by atoms with Gasteiger partial charge in [0.25, 0.3) is 5.69 Å². The summed E-state index contributed by atoms with van der Waals surface area (Å²) in [7, 11) is 1.38. The molecular formula is C20H26N2O5. The van der Waals surface area contributed by atoms with Gasteiger partial charge < -0.3 is 10.1 Å². The molecule has 3 rings (SSSR count). The summed E-state index contributed by atoms with van der Waals surface area (Å²) in [5.41, 5.74) is 0.397. The van der Waals surface area contributed by atoms with E-state index >= 15 is 0 Å². The van der Waals surface area contributed by atoms with E-state index < -0.39 is 15.8 Å². The first-order valence-corrected chi connectivity index (χ1v) is 9.37. The van der Waals surface area contributed by atoms with Crippen LogP contribution in [0.4, 0.5) is 11.4 Å². The first-order valence-electron chi connectivity index (χ1n) is 9.37. The van der Waals surface area contributed by atoms with Crippen LogP contribution in [0.5, 0.6) is 0 Å². The molecule has 1 aromatic rings. The van der Waals surface area contributed by atoms with Crippen LogP contribution in [0.2, 0.25) is 0 Å². The first kappa shape index (κ1) is 19.3. The predicted molar refractivity (Wildman–Crippen MR) is 101 cm³/mol. The summed E-state index contributed by atoms with van der Waals surface area (Å²) in [5.74, 6) is -0.624. The number of carbonyl (C=O) groups is 2. The van der Waals surface area contributed by atoms with Crippen LogP contribution in [0.25, 0.3) is 0 Å². The largest absolute Gasteiger partial charge is 0.469 e. The molecule has 1 aromatic carbocycles. The van der Waals surface area contributed by atoms with Gasteiger partial charge in [-0.25, -0.2) is 0 Å². The van der Waals surface area contributed by atoms with Gasteiger partial charge in [0.15, 0.2) is 5.78 Å². The number of Topliss-reactive ketones (excluding diaryl/α,β-unsaturated/α-hetero) is 1. The Morgan fingerprint density at radius 1 is 1.37 bits per heavy atom. The van der Waals surface area contributed by atoms with E-state index in [4.69, 9.17) is 4.74 Å². The Bertz CT molecular complexity index is 821. The molecule has 0 bridgehead atoms. The molecule has 27 heavy (non-hydrogen) atoms. The summed E-state index contributed by atoms with van der Waals surface area (Å²) >= 11 is 0. The molecule has 0 saturated heterocycles. The molecule has 0 spiro atoms. The van der Waals surface area contributed by atoms with Gasteiger partial charge in [-0.2, -0.15) is 0 Å². The third-order valence-electron chi connectivity index (χ3n) is 6.59. The Labute approximate surface area is 158 Å². The van der Waals surface area contributed by atoms with Crippen LogP contribution in [0.15, 0.2) is 12.1 Å². The van der Waals surface area contributed by atoms with Crippen LogP contribution < -0.4 is 5.32 Å². The van der Waals surface area contributed by atoms with Crippen LogP contribution in [0.3, 0.4) is 0 Å². The highest BCUT2D eigenvalue weighted by Gasteiger charge is 2.57. The first-order chi connectivity index (χ1) is 12.7. The van der Waals surface area contributed by atoms with Crippen LogP contribution in [-0.4, -0.2) is 30.3 Å². The van der Waals surface area contributed by atoms with Gasteiger partial charge in [-0.1, -0.05) is 13.3 Å². The number of benzene rings is 1. The number of rotatable bonds is 4. The number of ketones is 1. The van der Waals surface area contributed by atoms with E-state index in [1.807, 2.05) is 13.8 Å². The second kappa shape index (κ2) is 6.62. The van der Waals surface area contributed by atoms with E-state index in [1.54, 1.807) is 6.07 Å². The fraction of sp³-hybridized carbons (Fsp3) is 0.600. The molecule has 0 heterocycles. The number of hydrogen-bond donors (Lipinski definition) is 1. The lowest BCUT2D eigenvalue weighted by Gasteiger charge is -2.53. The van der Waals surface area contributed by atoms with Gasteiger partial charge in [0.1, 0.15) is 5.69 Å². The molecule has 146 valence electrons. The smallest absolute Gasteiger partial charge is 0.311 e. The maximum atomic E-state index is 12.9. The molecule has 7 nitrogen and oxygen atoms in total. The predicted octanol–water partition coefficient (Wildman–Crippen LogP) is 3.85. The summed E-state index contributed by atoms with van der Waals surface area (Å²) in [6.07, 6.45) is 2.54. The molecule has 1 fully saturated rings. The van der Waals surface area contributed by atoms with Crippen molar-refractivity contribution in [2.45, 2.75) is 51.9 Å². The number of nitro benzene ring substituents is 1. The minimum atomic E-state index is -0.741. The minimum Gasteiger partial charge on any atom is -0.469 e. The van der Waals surface area contributed by atoms with Crippen molar-refractivity contribution in [3.8, 4) is 0 Å². The fourth-order valence-electron chi connectivity index (χ4n) is 5.19. The summed E-state index contributed by atoms with van der Waals surface area (Å²) in [6, 6.07) is 3.16. The van der Waals surface area contributed by atoms with Crippen LogP contribution in [0.1, 0.15) is 62.4 Å². The fourth-order valence-corrected chi connectivity index (χ4v) is 5.19. The Morgan fingerprint density at radius 2 is 2.07 bits per heavy atom. The van der Waals surface area contributed by atoms with Crippen molar-refractivity contribution in [2.24, 2.45) is 11.3 Å². The van der Waals surface area contributed by atoms with Gasteiger partial charge in [-0.3, -0.25) is 19.7 Å². The van der Waals surface area contributed by atoms with Gasteiger partial charge in [0.05, 0.1) is 17.4 Å². The highest BCUT2D eigenvalue weighted by atomic mass is 16.6. The zero-order valence-corrected chi connectivity index (χ0v) is 16.3. The number of nitrogens with one attached hydrogen (secondary N) is 1. The van der Waals surface area contributed by atoms with Gasteiger partial charge in [-0.05, 0) is 49.7 Å². The monoisotopic (exact) mass is 374 g/mol. The molecule has 3 atom stereocenters. The number of fused-ring (bicyclic) bond motifs is 3. The third-order valence-corrected chi connectivity index (χ3v) is 6.59. The van der Waals surface area contributed by atoms with Crippen molar-refractivity contribution in [3.63, 3.8) is 0 Å². The molecule has 2 aliphatic carbocycles. The molecule has 1 saturated carbocycles. The molecule has 0 unspecified atom stereocenters. The maximum Gasteiger partial charge on any atom is 0.311 e. The van der Waals surface area contributed by atoms with Gasteiger partial charge in [-0.15, -0.1) is 0 Å². The van der Waals surface area contributed by atoms with Crippen molar-refractivity contribution >= 4 is 23.1 Å². The number of anilines is 1. The Kier molecular flexibility index (Phi) is 4.74. The Balaban J connectivity index is 2.21. The number of esters is 1. The molecule has 1 N–H and O–H groups in total. The normalized spacial score (nSPS) is 29.5. The number of hydrogen-bond acceptors (Lipinski definition) is 6. The average molecular weight is 374 g/mol. The van der Waals surface area contributed by atoms with E-state index in [2.05, 4.69) is 12.2 Å². The van der Waals surface area contributed by atoms with Gasteiger partial charge >= 0.3 is 5.97 Å². The summed E-state index contributed by atoms with van der Waals surface area (Å²) in [6.45, 7) is 6.36. The van der Waals surface area contributed by atoms with Crippen molar-refractivity contribution in [1.82, 2.24) is 0 Å². The summed E-state index contributed by atoms with van der Waals surface area (Å²) in [5, 5.41) is 14.5. The Hall–Kier alpha value is -2.44. The second-order valence-corrected chi connectivity index (χ2v) is 8.06. The van der Waals surface area contributed by atoms with E-state index in [9.17, 15) is 19.7 Å². The second-order valence-electron chi connectivity index (χ2n) is 8.06. The quantitative estimate of drug-likeness (QED) is 0.488. The number of nitro groups is 1. The van der Waals surface area contributed by atoms with E-state index in [0.717, 1.165) is 18.4 Å². The van der Waals surface area contributed by atoms with E-state index in [0.29, 0.717) is 24.2 Å². The van der Waals surface area contributed by atoms with Crippen LogP contribution in [0, 0.1) is 21.4 Å². The number of carbonyl (C=O) groups excluding carboxylic acids is 2. The van der Waals surface area contributed by atoms with Crippen LogP contribution >= 0.6 is 0 Å². The summed E-state index contributed by atoms with van der Waals surface area (Å²) in [4.78, 5) is 36.5. The lowest BCUT2D eigenvalue weighted by Crippen LogP contribution is -2.53. The molecule has 7 heteroatoms. The van der Waals surface area contributed by atoms with Crippen molar-refractivity contribution in [3.05, 3.63) is 33.4 Å². The maximum absolute atomic E-state index is 12.9. The van der Waals surface area contributed by atoms with E-state index in [1.165, 1.54) is 13.2 Å². The van der Waals surface area contributed by atoms with Crippen LogP contribution in [-0.2, 0) is 14.9 Å². The third kappa shape index (κ3) is 2.80. The molecule has 0 aromatic heterocycles. The molecular weight excluding hydrogens is 348 g/mol. The molecule has 0 amide bonds. The number of nitrogens with zero attached hydrogens (tertiary/aromatic N) is 1. The Morgan fingerprint density at radius 3 is 2.67 bits per heavy atom. The zero-order chi connectivity index (χ0) is 20.0. The van der Waals surface area contributed by atoms with Gasteiger partial charge in [0, 0.05) is 24.6 Å². The minimum absolute atomic E-state index is 0.0856. The van der Waals surface area contributed by atoms with Crippen molar-refractivity contribution in [1.29, 1.82) is 0 Å². The molecule has 0 radical (unpaired) electrons. The SMILES string of the molecule is CCNc1cc2c(cc1[N+](=O)[O-])C(=O)C[C@H]1[C@](C)(C(=O)OC)CCC[C@]21C. The molecule has 0 aliphatic heterocycles. The van der Waals surface area contributed by atoms with Crippen molar-refractivity contribution in [2.75, 3.05) is 19.0 Å². The van der Waals surface area contributed by atoms with E-state index in [-0.39, 0.29) is 29.8 Å². The lowest BCUT2D eigenvalue weighted by atomic mass is 9.49. The van der Waals surface area contributed by atoms with Gasteiger partial charge in [0.2, 0.25) is 0 Å². The highest BCUT2D eigenvalue weighted by molar-refractivity contribution is 6.01. The average Bonchev–Trinajstić information content (AvgIpc) is 2.63. The standard InChI is InChI=1S/C20H26N2O5/c1-5-21-14-10-13-12(9-15(14)22(25)26)16(23)11-17-19(13,2)7-6-8-20(17,3)18(24)27-4/h9-10,17,21H,5-8,11H2,1-4H3/t17-,19-,20-/m1/s1.